The van der Waals surface area contributed by atoms with Crippen molar-refractivity contribution in [2.24, 2.45) is 0 Å². The van der Waals surface area contributed by atoms with Crippen molar-refractivity contribution in [3.05, 3.63) is 48.0 Å². The zero-order valence-electron chi connectivity index (χ0n) is 17.7. The maximum Gasteiger partial charge on any atom is -0.00104 e. The average Bonchev–Trinajstić information content (AvgIpc) is 2.68. The normalized spacial score (nSPS) is 12.7. The Hall–Kier alpha value is -1.04. The molecule has 0 heteroatoms. The van der Waals surface area contributed by atoms with Crippen molar-refractivity contribution in [1.29, 1.82) is 0 Å². The van der Waals surface area contributed by atoms with Crippen LogP contribution in [0.5, 0.6) is 0 Å². The lowest BCUT2D eigenvalue weighted by atomic mass is 10.00. The third-order valence-electron chi connectivity index (χ3n) is 5.47. The molecule has 0 aromatic heterocycles. The summed E-state index contributed by atoms with van der Waals surface area (Å²) in [6.45, 7) is 4.58. The smallest absolute Gasteiger partial charge is 0.00104 e. The van der Waals surface area contributed by atoms with Gasteiger partial charge in [0.2, 0.25) is 0 Å². The zero-order valence-corrected chi connectivity index (χ0v) is 17.7. The highest BCUT2D eigenvalue weighted by molar-refractivity contribution is 5.22. The van der Waals surface area contributed by atoms with Crippen LogP contribution in [-0.2, 0) is 0 Å². The van der Waals surface area contributed by atoms with E-state index in [1.807, 2.05) is 0 Å². The molecule has 0 N–H and O–H groups in total. The van der Waals surface area contributed by atoms with Crippen molar-refractivity contribution in [2.45, 2.75) is 116 Å². The van der Waals surface area contributed by atoms with Gasteiger partial charge in [-0.15, -0.1) is 0 Å². The van der Waals surface area contributed by atoms with Crippen molar-refractivity contribution in [1.82, 2.24) is 0 Å². The van der Waals surface area contributed by atoms with Gasteiger partial charge in [0.25, 0.3) is 0 Å². The molecule has 0 aliphatic rings. The molecule has 1 atom stereocenters. The van der Waals surface area contributed by atoms with Crippen molar-refractivity contribution in [3.8, 4) is 0 Å². The molecule has 0 nitrogen and oxygen atoms in total. The van der Waals surface area contributed by atoms with E-state index in [0.717, 1.165) is 0 Å². The third-order valence-corrected chi connectivity index (χ3v) is 5.47. The number of allylic oxidation sites excluding steroid dienone is 2. The van der Waals surface area contributed by atoms with E-state index >= 15 is 0 Å². The van der Waals surface area contributed by atoms with Gasteiger partial charge < -0.3 is 0 Å². The van der Waals surface area contributed by atoms with Gasteiger partial charge in [0.15, 0.2) is 0 Å². The number of hydrogen-bond donors (Lipinski definition) is 0. The molecule has 0 radical (unpaired) electrons. The lowest BCUT2D eigenvalue weighted by Crippen LogP contribution is -1.87. The van der Waals surface area contributed by atoms with Gasteiger partial charge in [0.1, 0.15) is 0 Å². The van der Waals surface area contributed by atoms with Crippen LogP contribution in [-0.4, -0.2) is 0 Å². The standard InChI is InChI=1S/C26H44/c1-3-4-5-6-7-8-9-10-11-12-13-14-15-16-17-19-22-25(2)26-23-20-18-21-24-26/h18-25H,3-17H2,1-2H3. The Labute approximate surface area is 164 Å². The number of rotatable bonds is 17. The summed E-state index contributed by atoms with van der Waals surface area (Å²) in [5, 5.41) is 0. The van der Waals surface area contributed by atoms with Crippen LogP contribution in [0.1, 0.15) is 122 Å². The Morgan fingerprint density at radius 3 is 1.62 bits per heavy atom. The number of unbranched alkanes of at least 4 members (excludes halogenated alkanes) is 14. The molecule has 26 heavy (non-hydrogen) atoms. The maximum absolute atomic E-state index is 2.39. The van der Waals surface area contributed by atoms with E-state index in [1.54, 1.807) is 0 Å². The Morgan fingerprint density at radius 1 is 0.654 bits per heavy atom. The summed E-state index contributed by atoms with van der Waals surface area (Å²) < 4.78 is 0. The van der Waals surface area contributed by atoms with Crippen LogP contribution < -0.4 is 0 Å². The fourth-order valence-electron chi connectivity index (χ4n) is 3.62. The molecule has 0 heterocycles. The SMILES string of the molecule is CCCCCCCCCCCCCCCCC=CC(C)c1ccccc1. The highest BCUT2D eigenvalue weighted by Gasteiger charge is 1.98. The minimum absolute atomic E-state index is 0.544. The van der Waals surface area contributed by atoms with Crippen LogP contribution in [0, 0.1) is 0 Å². The maximum atomic E-state index is 2.39. The summed E-state index contributed by atoms with van der Waals surface area (Å²) in [5.74, 6) is 0.544. The summed E-state index contributed by atoms with van der Waals surface area (Å²) in [6, 6.07) is 10.8. The van der Waals surface area contributed by atoms with Crippen LogP contribution in [0.4, 0.5) is 0 Å². The van der Waals surface area contributed by atoms with Crippen molar-refractivity contribution >= 4 is 0 Å². The predicted octanol–water partition coefficient (Wildman–Crippen LogP) is 9.22. The van der Waals surface area contributed by atoms with Gasteiger partial charge in [-0.3, -0.25) is 0 Å². The first-order valence-electron chi connectivity index (χ1n) is 11.6. The Bertz CT molecular complexity index is 417. The van der Waals surface area contributed by atoms with Gasteiger partial charge in [-0.1, -0.05) is 140 Å². The van der Waals surface area contributed by atoms with E-state index in [0.29, 0.717) is 5.92 Å². The minimum Gasteiger partial charge on any atom is -0.0879 e. The minimum atomic E-state index is 0.544. The second-order valence-electron chi connectivity index (χ2n) is 8.01. The van der Waals surface area contributed by atoms with Crippen LogP contribution in [0.15, 0.2) is 42.5 Å². The van der Waals surface area contributed by atoms with Gasteiger partial charge >= 0.3 is 0 Å². The van der Waals surface area contributed by atoms with E-state index in [9.17, 15) is 0 Å². The zero-order chi connectivity index (χ0) is 18.7. The van der Waals surface area contributed by atoms with E-state index in [4.69, 9.17) is 0 Å². The van der Waals surface area contributed by atoms with E-state index in [-0.39, 0.29) is 0 Å². The molecule has 1 unspecified atom stereocenters. The van der Waals surface area contributed by atoms with E-state index in [2.05, 4.69) is 56.3 Å². The van der Waals surface area contributed by atoms with Crippen molar-refractivity contribution in [2.75, 3.05) is 0 Å². The molecular formula is C26H44. The molecule has 0 saturated carbocycles. The molecule has 0 bridgehead atoms. The van der Waals surface area contributed by atoms with Crippen molar-refractivity contribution < 1.29 is 0 Å². The molecule has 0 spiro atoms. The lowest BCUT2D eigenvalue weighted by Gasteiger charge is -2.06. The summed E-state index contributed by atoms with van der Waals surface area (Å²) in [5.41, 5.74) is 1.42. The lowest BCUT2D eigenvalue weighted by molar-refractivity contribution is 0.536. The largest absolute Gasteiger partial charge is 0.0879 e. The average molecular weight is 357 g/mol. The Morgan fingerprint density at radius 2 is 1.12 bits per heavy atom. The molecule has 1 rings (SSSR count). The third kappa shape index (κ3) is 13.2. The molecule has 0 saturated heterocycles. The van der Waals surface area contributed by atoms with E-state index in [1.165, 1.54) is 102 Å². The molecular weight excluding hydrogens is 312 g/mol. The van der Waals surface area contributed by atoms with Crippen LogP contribution in [0.3, 0.4) is 0 Å². The molecule has 0 aliphatic carbocycles. The Balaban J connectivity index is 1.81. The highest BCUT2D eigenvalue weighted by Crippen LogP contribution is 2.17. The molecule has 0 aliphatic heterocycles. The molecule has 1 aromatic rings. The fourth-order valence-corrected chi connectivity index (χ4v) is 3.62. The number of benzene rings is 1. The van der Waals surface area contributed by atoms with Crippen molar-refractivity contribution in [3.63, 3.8) is 0 Å². The van der Waals surface area contributed by atoms with Crippen LogP contribution in [0.25, 0.3) is 0 Å². The first-order valence-corrected chi connectivity index (χ1v) is 11.6. The van der Waals surface area contributed by atoms with E-state index < -0.39 is 0 Å². The molecule has 0 amide bonds. The van der Waals surface area contributed by atoms with Crippen LogP contribution in [0.2, 0.25) is 0 Å². The summed E-state index contributed by atoms with van der Waals surface area (Å²) >= 11 is 0. The first kappa shape index (κ1) is 23.0. The summed E-state index contributed by atoms with van der Waals surface area (Å²) in [7, 11) is 0. The molecule has 0 fully saturated rings. The predicted molar refractivity (Wildman–Crippen MR) is 119 cm³/mol. The Kier molecular flexibility index (Phi) is 15.4. The van der Waals surface area contributed by atoms with Gasteiger partial charge in [0.05, 0.1) is 0 Å². The second-order valence-corrected chi connectivity index (χ2v) is 8.01. The van der Waals surface area contributed by atoms with Gasteiger partial charge in [-0.05, 0) is 24.3 Å². The summed E-state index contributed by atoms with van der Waals surface area (Å²) in [6.07, 6.45) is 26.1. The second kappa shape index (κ2) is 17.4. The van der Waals surface area contributed by atoms with Crippen LogP contribution >= 0.6 is 0 Å². The van der Waals surface area contributed by atoms with Gasteiger partial charge in [-0.2, -0.15) is 0 Å². The van der Waals surface area contributed by atoms with Gasteiger partial charge in [0, 0.05) is 0 Å². The summed E-state index contributed by atoms with van der Waals surface area (Å²) in [4.78, 5) is 0. The monoisotopic (exact) mass is 356 g/mol. The highest BCUT2D eigenvalue weighted by atomic mass is 14.0. The molecule has 1 aromatic carbocycles. The first-order chi connectivity index (χ1) is 12.8. The molecule has 148 valence electrons. The fraction of sp³-hybridized carbons (Fsp3) is 0.692. The topological polar surface area (TPSA) is 0 Å². The number of hydrogen-bond acceptors (Lipinski definition) is 0. The van der Waals surface area contributed by atoms with Gasteiger partial charge in [-0.25, -0.2) is 0 Å². The quantitative estimate of drug-likeness (QED) is 0.193.